The maximum atomic E-state index is 12.2. The zero-order chi connectivity index (χ0) is 18.5. The van der Waals surface area contributed by atoms with E-state index >= 15 is 0 Å². The molecule has 1 aliphatic heterocycles. The first kappa shape index (κ1) is 17.5. The van der Waals surface area contributed by atoms with Crippen LogP contribution in [-0.2, 0) is 16.1 Å². The van der Waals surface area contributed by atoms with E-state index in [4.69, 9.17) is 9.47 Å². The Kier molecular flexibility index (Phi) is 5.34. The van der Waals surface area contributed by atoms with E-state index < -0.39 is 0 Å². The molecule has 6 nitrogen and oxygen atoms in total. The topological polar surface area (TPSA) is 76.2 Å². The number of H-pyrrole nitrogens is 1. The van der Waals surface area contributed by atoms with E-state index in [0.717, 1.165) is 48.4 Å². The van der Waals surface area contributed by atoms with Gasteiger partial charge >= 0.3 is 0 Å². The molecule has 3 heterocycles. The van der Waals surface area contributed by atoms with E-state index in [1.165, 1.54) is 5.56 Å². The summed E-state index contributed by atoms with van der Waals surface area (Å²) in [6.45, 7) is 1.95. The molecule has 0 radical (unpaired) electrons. The van der Waals surface area contributed by atoms with Gasteiger partial charge in [0.2, 0.25) is 0 Å². The number of pyridine rings is 1. The molecule has 0 spiro atoms. The molecule has 0 bridgehead atoms. The Bertz CT molecular complexity index is 901. The molecule has 2 N–H and O–H groups in total. The highest BCUT2D eigenvalue weighted by molar-refractivity contribution is 5.90. The van der Waals surface area contributed by atoms with E-state index in [9.17, 15) is 4.79 Å². The molecular weight excluding hydrogens is 342 g/mol. The van der Waals surface area contributed by atoms with Crippen molar-refractivity contribution in [3.05, 3.63) is 60.0 Å². The summed E-state index contributed by atoms with van der Waals surface area (Å²) in [5.41, 5.74) is 3.10. The molecule has 1 amide bonds. The van der Waals surface area contributed by atoms with Gasteiger partial charge in [-0.15, -0.1) is 0 Å². The predicted octanol–water partition coefficient (Wildman–Crippen LogP) is 3.15. The van der Waals surface area contributed by atoms with Gasteiger partial charge in [-0.25, -0.2) is 0 Å². The first-order chi connectivity index (χ1) is 13.3. The normalized spacial score (nSPS) is 15.0. The number of carbonyl (C=O) groups is 1. The summed E-state index contributed by atoms with van der Waals surface area (Å²) >= 11 is 0. The lowest BCUT2D eigenvalue weighted by Gasteiger charge is -2.22. The molecule has 6 heteroatoms. The van der Waals surface area contributed by atoms with Crippen LogP contribution in [0.3, 0.4) is 0 Å². The van der Waals surface area contributed by atoms with Crippen molar-refractivity contribution in [2.24, 2.45) is 0 Å². The lowest BCUT2D eigenvalue weighted by atomic mass is 9.91. The van der Waals surface area contributed by atoms with E-state index in [-0.39, 0.29) is 12.5 Å². The van der Waals surface area contributed by atoms with Crippen LogP contribution < -0.4 is 10.1 Å². The minimum Gasteiger partial charge on any atom is -0.483 e. The van der Waals surface area contributed by atoms with Crippen molar-refractivity contribution >= 4 is 16.8 Å². The molecule has 2 aromatic heterocycles. The monoisotopic (exact) mass is 365 g/mol. The van der Waals surface area contributed by atoms with Gasteiger partial charge in [-0.3, -0.25) is 9.78 Å². The van der Waals surface area contributed by atoms with Crippen LogP contribution in [0.1, 0.15) is 30.0 Å². The number of nitrogens with zero attached hydrogens (tertiary/aromatic N) is 1. The van der Waals surface area contributed by atoms with E-state index in [2.05, 4.69) is 21.5 Å². The van der Waals surface area contributed by atoms with Gasteiger partial charge < -0.3 is 19.8 Å². The number of rotatable bonds is 6. The second kappa shape index (κ2) is 8.22. The first-order valence-electron chi connectivity index (χ1n) is 9.28. The van der Waals surface area contributed by atoms with Crippen LogP contribution in [0, 0.1) is 0 Å². The summed E-state index contributed by atoms with van der Waals surface area (Å²) in [5, 5.41) is 3.91. The third-order valence-electron chi connectivity index (χ3n) is 4.91. The van der Waals surface area contributed by atoms with Gasteiger partial charge in [0.25, 0.3) is 5.91 Å². The van der Waals surface area contributed by atoms with Crippen LogP contribution in [0.2, 0.25) is 0 Å². The van der Waals surface area contributed by atoms with E-state index in [0.29, 0.717) is 12.5 Å². The molecule has 1 aromatic carbocycles. The fourth-order valence-corrected chi connectivity index (χ4v) is 3.51. The number of benzene rings is 1. The van der Waals surface area contributed by atoms with Gasteiger partial charge in [0.05, 0.1) is 12.2 Å². The van der Waals surface area contributed by atoms with Crippen molar-refractivity contribution < 1.29 is 14.3 Å². The van der Waals surface area contributed by atoms with Crippen LogP contribution in [-0.4, -0.2) is 35.7 Å². The number of aromatic nitrogens is 2. The minimum atomic E-state index is -0.166. The fraction of sp³-hybridized carbons (Fsp3) is 0.333. The number of fused-ring (bicyclic) bond motifs is 1. The average molecular weight is 365 g/mol. The number of hydrogen-bond donors (Lipinski definition) is 2. The number of hydrogen-bond acceptors (Lipinski definition) is 4. The molecule has 0 unspecified atom stereocenters. The van der Waals surface area contributed by atoms with Crippen LogP contribution in [0.4, 0.5) is 0 Å². The Morgan fingerprint density at radius 3 is 2.93 bits per heavy atom. The highest BCUT2D eigenvalue weighted by atomic mass is 16.5. The van der Waals surface area contributed by atoms with Gasteiger partial charge in [0.1, 0.15) is 5.75 Å². The third-order valence-corrected chi connectivity index (χ3v) is 4.91. The molecule has 0 atom stereocenters. The highest BCUT2D eigenvalue weighted by Crippen LogP contribution is 2.37. The van der Waals surface area contributed by atoms with Gasteiger partial charge in [-0.05, 0) is 48.6 Å². The maximum Gasteiger partial charge on any atom is 0.258 e. The van der Waals surface area contributed by atoms with Gasteiger partial charge in [0.15, 0.2) is 6.61 Å². The number of nitrogens with one attached hydrogen (secondary N) is 2. The molecule has 1 aliphatic rings. The Labute approximate surface area is 157 Å². The highest BCUT2D eigenvalue weighted by Gasteiger charge is 2.21. The zero-order valence-corrected chi connectivity index (χ0v) is 15.1. The van der Waals surface area contributed by atoms with Gasteiger partial charge in [-0.1, -0.05) is 12.1 Å². The number of amides is 1. The summed E-state index contributed by atoms with van der Waals surface area (Å²) in [4.78, 5) is 19.7. The van der Waals surface area contributed by atoms with E-state index in [1.807, 2.05) is 36.4 Å². The molecule has 0 aliphatic carbocycles. The van der Waals surface area contributed by atoms with Crippen molar-refractivity contribution in [1.29, 1.82) is 0 Å². The molecular formula is C21H23N3O3. The summed E-state index contributed by atoms with van der Waals surface area (Å²) in [6, 6.07) is 11.5. The summed E-state index contributed by atoms with van der Waals surface area (Å²) < 4.78 is 11.4. The first-order valence-corrected chi connectivity index (χ1v) is 9.28. The van der Waals surface area contributed by atoms with Crippen molar-refractivity contribution in [2.75, 3.05) is 19.8 Å². The Balaban J connectivity index is 1.43. The van der Waals surface area contributed by atoms with Crippen molar-refractivity contribution in [2.45, 2.75) is 25.3 Å². The number of carbonyl (C=O) groups excluding carboxylic acids is 1. The lowest BCUT2D eigenvalue weighted by molar-refractivity contribution is -0.123. The van der Waals surface area contributed by atoms with Crippen LogP contribution in [0.25, 0.3) is 10.9 Å². The lowest BCUT2D eigenvalue weighted by Crippen LogP contribution is -2.28. The molecule has 4 rings (SSSR count). The number of ether oxygens (including phenoxy) is 2. The minimum absolute atomic E-state index is 0.0235. The van der Waals surface area contributed by atoms with Crippen LogP contribution in [0.15, 0.2) is 48.8 Å². The smallest absolute Gasteiger partial charge is 0.258 e. The summed E-state index contributed by atoms with van der Waals surface area (Å²) in [7, 11) is 0. The quantitative estimate of drug-likeness (QED) is 0.704. The van der Waals surface area contributed by atoms with E-state index in [1.54, 1.807) is 6.20 Å². The molecule has 140 valence electrons. The Morgan fingerprint density at radius 1 is 1.22 bits per heavy atom. The van der Waals surface area contributed by atoms with Crippen LogP contribution in [0.5, 0.6) is 5.75 Å². The largest absolute Gasteiger partial charge is 0.483 e. The maximum absolute atomic E-state index is 12.2. The predicted molar refractivity (Wildman–Crippen MR) is 103 cm³/mol. The Hall–Kier alpha value is -2.86. The number of aromatic amines is 1. The van der Waals surface area contributed by atoms with Crippen molar-refractivity contribution in [1.82, 2.24) is 15.3 Å². The Morgan fingerprint density at radius 2 is 2.11 bits per heavy atom. The molecule has 27 heavy (non-hydrogen) atoms. The fourth-order valence-electron chi connectivity index (χ4n) is 3.51. The van der Waals surface area contributed by atoms with Crippen molar-refractivity contribution in [3.63, 3.8) is 0 Å². The summed E-state index contributed by atoms with van der Waals surface area (Å²) in [6.07, 6.45) is 5.79. The molecule has 1 saturated heterocycles. The third kappa shape index (κ3) is 4.11. The summed E-state index contributed by atoms with van der Waals surface area (Å²) in [5.74, 6) is 1.03. The second-order valence-electron chi connectivity index (χ2n) is 6.70. The van der Waals surface area contributed by atoms with Gasteiger partial charge in [-0.2, -0.15) is 0 Å². The SMILES string of the molecule is O=C(COc1cccc2[nH]cc(C3CCOCC3)c12)NCc1ccccn1. The molecule has 3 aromatic rings. The van der Waals surface area contributed by atoms with Crippen molar-refractivity contribution in [3.8, 4) is 5.75 Å². The average Bonchev–Trinajstić information content (AvgIpc) is 3.17. The molecule has 0 saturated carbocycles. The van der Waals surface area contributed by atoms with Gasteiger partial charge in [0, 0.05) is 36.5 Å². The standard InChI is InChI=1S/C21H23N3O3/c25-20(24-12-16-4-1-2-9-22-16)14-27-19-6-3-5-18-21(19)17(13-23-18)15-7-10-26-11-8-15/h1-6,9,13,15,23H,7-8,10-12,14H2,(H,24,25). The zero-order valence-electron chi connectivity index (χ0n) is 15.1. The molecule has 1 fully saturated rings. The van der Waals surface area contributed by atoms with Crippen LogP contribution >= 0.6 is 0 Å². The second-order valence-corrected chi connectivity index (χ2v) is 6.70.